The number of hydrogen-bond acceptors (Lipinski definition) is 2. The second-order valence-corrected chi connectivity index (χ2v) is 5.64. The van der Waals surface area contributed by atoms with E-state index in [0.29, 0.717) is 0 Å². The third-order valence-electron chi connectivity index (χ3n) is 3.92. The Morgan fingerprint density at radius 3 is 2.78 bits per heavy atom. The van der Waals surface area contributed by atoms with Crippen LogP contribution < -0.4 is 5.32 Å². The van der Waals surface area contributed by atoms with Gasteiger partial charge >= 0.3 is 0 Å². The smallest absolute Gasteiger partial charge is 0.0244 e. The van der Waals surface area contributed by atoms with Crippen LogP contribution in [0.15, 0.2) is 30.3 Å². The molecule has 2 heteroatoms. The van der Waals surface area contributed by atoms with Crippen molar-refractivity contribution < 1.29 is 0 Å². The van der Waals surface area contributed by atoms with Gasteiger partial charge in [-0.3, -0.25) is 4.90 Å². The van der Waals surface area contributed by atoms with Crippen LogP contribution in [0.4, 0.5) is 0 Å². The maximum Gasteiger partial charge on any atom is 0.0244 e. The lowest BCUT2D eigenvalue weighted by Crippen LogP contribution is -2.53. The molecule has 1 aliphatic rings. The monoisotopic (exact) mass is 246 g/mol. The fourth-order valence-electron chi connectivity index (χ4n) is 2.83. The minimum Gasteiger partial charge on any atom is -0.314 e. The first-order valence-corrected chi connectivity index (χ1v) is 7.26. The summed E-state index contributed by atoms with van der Waals surface area (Å²) in [5, 5.41) is 3.51. The summed E-state index contributed by atoms with van der Waals surface area (Å²) in [5.41, 5.74) is 1.47. The molecule has 0 bridgehead atoms. The van der Waals surface area contributed by atoms with E-state index in [9.17, 15) is 0 Å². The molecule has 2 nitrogen and oxygen atoms in total. The first kappa shape index (κ1) is 13.6. The van der Waals surface area contributed by atoms with Gasteiger partial charge in [-0.2, -0.15) is 0 Å². The van der Waals surface area contributed by atoms with E-state index in [2.05, 4.69) is 54.4 Å². The van der Waals surface area contributed by atoms with Crippen LogP contribution in [0, 0.1) is 5.92 Å². The third-order valence-corrected chi connectivity index (χ3v) is 3.92. The average Bonchev–Trinajstić information content (AvgIpc) is 2.40. The van der Waals surface area contributed by atoms with E-state index in [4.69, 9.17) is 0 Å². The van der Waals surface area contributed by atoms with Gasteiger partial charge in [-0.25, -0.2) is 0 Å². The van der Waals surface area contributed by atoms with E-state index < -0.39 is 0 Å². The van der Waals surface area contributed by atoms with Gasteiger partial charge in [0.2, 0.25) is 0 Å². The zero-order chi connectivity index (χ0) is 12.8. The molecule has 1 fully saturated rings. The van der Waals surface area contributed by atoms with Crippen molar-refractivity contribution in [2.45, 2.75) is 32.7 Å². The predicted molar refractivity (Wildman–Crippen MR) is 77.8 cm³/mol. The number of aryl methyl sites for hydroxylation is 1. The lowest BCUT2D eigenvalue weighted by molar-refractivity contribution is 0.123. The molecular weight excluding hydrogens is 220 g/mol. The number of rotatable bonds is 5. The van der Waals surface area contributed by atoms with Crippen molar-refractivity contribution in [2.75, 3.05) is 26.2 Å². The second-order valence-electron chi connectivity index (χ2n) is 5.64. The minimum absolute atomic E-state index is 0.717. The van der Waals surface area contributed by atoms with Crippen LogP contribution >= 0.6 is 0 Å². The first-order valence-electron chi connectivity index (χ1n) is 7.26. The number of hydrogen-bond donors (Lipinski definition) is 1. The molecule has 1 heterocycles. The van der Waals surface area contributed by atoms with Crippen molar-refractivity contribution >= 4 is 0 Å². The van der Waals surface area contributed by atoms with Crippen LogP contribution in [0.5, 0.6) is 0 Å². The van der Waals surface area contributed by atoms with Gasteiger partial charge < -0.3 is 5.32 Å². The Hall–Kier alpha value is -0.860. The minimum atomic E-state index is 0.717. The SMILES string of the molecule is CC(C)C1CNCCN1CCCc1ccccc1. The summed E-state index contributed by atoms with van der Waals surface area (Å²) in [6, 6.07) is 11.5. The number of nitrogens with one attached hydrogen (secondary N) is 1. The largest absolute Gasteiger partial charge is 0.314 e. The molecule has 0 spiro atoms. The van der Waals surface area contributed by atoms with Gasteiger partial charge in [0.25, 0.3) is 0 Å². The summed E-state index contributed by atoms with van der Waals surface area (Å²) in [7, 11) is 0. The molecule has 0 radical (unpaired) electrons. The molecule has 1 aromatic carbocycles. The maximum absolute atomic E-state index is 3.51. The van der Waals surface area contributed by atoms with E-state index in [1.54, 1.807) is 0 Å². The molecule has 1 unspecified atom stereocenters. The molecule has 1 aromatic rings. The summed E-state index contributed by atoms with van der Waals surface area (Å²) in [4.78, 5) is 2.67. The third kappa shape index (κ3) is 3.82. The molecule has 1 N–H and O–H groups in total. The van der Waals surface area contributed by atoms with Crippen LogP contribution in [-0.2, 0) is 6.42 Å². The number of nitrogens with zero attached hydrogens (tertiary/aromatic N) is 1. The van der Waals surface area contributed by atoms with Gasteiger partial charge in [-0.15, -0.1) is 0 Å². The van der Waals surface area contributed by atoms with E-state index in [1.165, 1.54) is 31.5 Å². The number of piperazine rings is 1. The Labute approximate surface area is 111 Å². The summed E-state index contributed by atoms with van der Waals surface area (Å²) in [6.45, 7) is 9.42. The molecule has 2 rings (SSSR count). The molecule has 0 aliphatic carbocycles. The van der Waals surface area contributed by atoms with Gasteiger partial charge in [0.15, 0.2) is 0 Å². The van der Waals surface area contributed by atoms with Crippen molar-refractivity contribution in [3.8, 4) is 0 Å². The average molecular weight is 246 g/mol. The molecule has 0 saturated carbocycles. The highest BCUT2D eigenvalue weighted by Gasteiger charge is 2.23. The van der Waals surface area contributed by atoms with E-state index in [0.717, 1.165) is 25.0 Å². The molecule has 18 heavy (non-hydrogen) atoms. The second kappa shape index (κ2) is 6.91. The van der Waals surface area contributed by atoms with E-state index >= 15 is 0 Å². The highest BCUT2D eigenvalue weighted by Crippen LogP contribution is 2.14. The van der Waals surface area contributed by atoms with Crippen LogP contribution in [0.25, 0.3) is 0 Å². The fraction of sp³-hybridized carbons (Fsp3) is 0.625. The highest BCUT2D eigenvalue weighted by atomic mass is 15.2. The Bertz CT molecular complexity index is 334. The number of benzene rings is 1. The van der Waals surface area contributed by atoms with Crippen LogP contribution in [0.2, 0.25) is 0 Å². The Morgan fingerprint density at radius 1 is 1.28 bits per heavy atom. The normalized spacial score (nSPS) is 21.4. The summed E-state index contributed by atoms with van der Waals surface area (Å²) < 4.78 is 0. The van der Waals surface area contributed by atoms with Crippen molar-refractivity contribution in [1.82, 2.24) is 10.2 Å². The van der Waals surface area contributed by atoms with Crippen LogP contribution in [0.3, 0.4) is 0 Å². The highest BCUT2D eigenvalue weighted by molar-refractivity contribution is 5.14. The topological polar surface area (TPSA) is 15.3 Å². The van der Waals surface area contributed by atoms with Gasteiger partial charge in [-0.1, -0.05) is 44.2 Å². The van der Waals surface area contributed by atoms with Crippen molar-refractivity contribution in [3.05, 3.63) is 35.9 Å². The van der Waals surface area contributed by atoms with Gasteiger partial charge in [0.05, 0.1) is 0 Å². The lowest BCUT2D eigenvalue weighted by Gasteiger charge is -2.38. The van der Waals surface area contributed by atoms with E-state index in [-0.39, 0.29) is 0 Å². The Balaban J connectivity index is 1.78. The summed E-state index contributed by atoms with van der Waals surface area (Å²) in [5.74, 6) is 0.745. The molecule has 1 atom stereocenters. The maximum atomic E-state index is 3.51. The Morgan fingerprint density at radius 2 is 2.06 bits per heavy atom. The molecule has 0 aromatic heterocycles. The lowest BCUT2D eigenvalue weighted by atomic mass is 10.00. The van der Waals surface area contributed by atoms with E-state index in [1.807, 2.05) is 0 Å². The quantitative estimate of drug-likeness (QED) is 0.859. The van der Waals surface area contributed by atoms with Crippen molar-refractivity contribution in [3.63, 3.8) is 0 Å². The summed E-state index contributed by atoms with van der Waals surface area (Å²) >= 11 is 0. The zero-order valence-electron chi connectivity index (χ0n) is 11.7. The summed E-state index contributed by atoms with van der Waals surface area (Å²) in [6.07, 6.45) is 2.48. The van der Waals surface area contributed by atoms with Gasteiger partial charge in [0.1, 0.15) is 0 Å². The molecule has 100 valence electrons. The molecule has 1 aliphatic heterocycles. The zero-order valence-corrected chi connectivity index (χ0v) is 11.7. The standard InChI is InChI=1S/C16H26N2/c1-14(2)16-13-17-10-12-18(16)11-6-9-15-7-4-3-5-8-15/h3-5,7-8,14,16-17H,6,9-13H2,1-2H3. The van der Waals surface area contributed by atoms with Gasteiger partial charge in [-0.05, 0) is 30.9 Å². The molecule has 1 saturated heterocycles. The van der Waals surface area contributed by atoms with Crippen molar-refractivity contribution in [2.24, 2.45) is 5.92 Å². The van der Waals surface area contributed by atoms with Crippen LogP contribution in [-0.4, -0.2) is 37.1 Å². The Kier molecular flexibility index (Phi) is 5.21. The van der Waals surface area contributed by atoms with Crippen LogP contribution in [0.1, 0.15) is 25.8 Å². The van der Waals surface area contributed by atoms with Crippen molar-refractivity contribution in [1.29, 1.82) is 0 Å². The molecule has 0 amide bonds. The van der Waals surface area contributed by atoms with Gasteiger partial charge in [0, 0.05) is 25.7 Å². The first-order chi connectivity index (χ1) is 8.77. The fourth-order valence-corrected chi connectivity index (χ4v) is 2.83. The predicted octanol–water partition coefficient (Wildman–Crippen LogP) is 2.55. The molecular formula is C16H26N2.